The molecule has 2 aromatic rings. The number of piperidine rings is 1. The van der Waals surface area contributed by atoms with Crippen LogP contribution in [0, 0.1) is 0 Å². The average Bonchev–Trinajstić information content (AvgIpc) is 3.10. The normalized spacial score (nSPS) is 17.8. The molecule has 1 saturated heterocycles. The van der Waals surface area contributed by atoms with E-state index in [1.807, 2.05) is 0 Å². The molecule has 0 saturated carbocycles. The predicted octanol–water partition coefficient (Wildman–Crippen LogP) is 1.61. The summed E-state index contributed by atoms with van der Waals surface area (Å²) in [5.41, 5.74) is 6.51. The summed E-state index contributed by atoms with van der Waals surface area (Å²) >= 11 is 0. The van der Waals surface area contributed by atoms with Gasteiger partial charge in [-0.2, -0.15) is 5.01 Å². The maximum Gasteiger partial charge on any atom is 0.335 e. The maximum atomic E-state index is 13.3. The number of rotatable bonds is 3. The van der Waals surface area contributed by atoms with E-state index in [1.54, 1.807) is 28.7 Å². The third kappa shape index (κ3) is 3.33. The molecule has 1 aromatic heterocycles. The third-order valence-electron chi connectivity index (χ3n) is 4.87. The molecule has 0 spiro atoms. The number of carbonyl (C=O) groups excluding carboxylic acids is 1. The van der Waals surface area contributed by atoms with E-state index in [0.717, 1.165) is 0 Å². The number of hydrogen-bond donors (Lipinski definition) is 3. The molecule has 1 amide bonds. The molecule has 1 aromatic carbocycles. The molecular formula is C18H18F2N5O3+. The standard InChI is InChI=1S/C18H17F2N5O3/c19-18(20)5-7-24(8-6-18)16(26)12-9-14-15(21-10-12)25(23-22-14)13-3-1-11(2-4-13)17(27)28/h1-4,9-10,22-23H,5-8H2,(H,27,28)/p+1. The van der Waals surface area contributed by atoms with Gasteiger partial charge >= 0.3 is 5.97 Å². The summed E-state index contributed by atoms with van der Waals surface area (Å²) in [6, 6.07) is 7.94. The predicted molar refractivity (Wildman–Crippen MR) is 95.4 cm³/mol. The maximum absolute atomic E-state index is 13.3. The van der Waals surface area contributed by atoms with Gasteiger partial charge in [0.15, 0.2) is 0 Å². The van der Waals surface area contributed by atoms with Crippen molar-refractivity contribution < 1.29 is 29.0 Å². The fourth-order valence-corrected chi connectivity index (χ4v) is 3.25. The second kappa shape index (κ2) is 6.71. The Bertz CT molecular complexity index is 925. The highest BCUT2D eigenvalue weighted by Gasteiger charge is 2.36. The molecule has 4 N–H and O–H groups in total. The van der Waals surface area contributed by atoms with E-state index in [1.165, 1.54) is 23.2 Å². The Hall–Kier alpha value is -3.27. The number of halogens is 2. The van der Waals surface area contributed by atoms with Gasteiger partial charge in [0.05, 0.1) is 16.8 Å². The number of amides is 1. The van der Waals surface area contributed by atoms with Crippen molar-refractivity contribution in [2.45, 2.75) is 18.8 Å². The minimum Gasteiger partial charge on any atom is -0.478 e. The first kappa shape index (κ1) is 18.1. The number of nitrogens with two attached hydrogens (primary N) is 1. The van der Waals surface area contributed by atoms with Crippen LogP contribution in [0.5, 0.6) is 0 Å². The Labute approximate surface area is 158 Å². The van der Waals surface area contributed by atoms with Gasteiger partial charge < -0.3 is 10.0 Å². The minimum absolute atomic E-state index is 0.0184. The summed E-state index contributed by atoms with van der Waals surface area (Å²) < 4.78 is 26.6. The molecule has 146 valence electrons. The van der Waals surface area contributed by atoms with Crippen LogP contribution in [0.15, 0.2) is 36.5 Å². The number of anilines is 3. The Kier molecular flexibility index (Phi) is 4.34. The molecule has 0 atom stereocenters. The Morgan fingerprint density at radius 2 is 1.82 bits per heavy atom. The summed E-state index contributed by atoms with van der Waals surface area (Å²) in [5.74, 6) is -3.48. The van der Waals surface area contributed by atoms with Crippen molar-refractivity contribution in [2.75, 3.05) is 23.5 Å². The molecule has 8 nitrogen and oxygen atoms in total. The van der Waals surface area contributed by atoms with Crippen LogP contribution in [0.25, 0.3) is 0 Å². The second-order valence-electron chi connectivity index (χ2n) is 6.74. The number of carboxylic acids is 1. The van der Waals surface area contributed by atoms with Crippen LogP contribution >= 0.6 is 0 Å². The number of nitrogens with zero attached hydrogens (tertiary/aromatic N) is 3. The van der Waals surface area contributed by atoms with Crippen LogP contribution in [0.1, 0.15) is 33.6 Å². The lowest BCUT2D eigenvalue weighted by Crippen LogP contribution is -2.94. The number of pyridine rings is 1. The zero-order valence-corrected chi connectivity index (χ0v) is 14.7. The largest absolute Gasteiger partial charge is 0.478 e. The molecule has 28 heavy (non-hydrogen) atoms. The molecule has 4 rings (SSSR count). The smallest absolute Gasteiger partial charge is 0.335 e. The van der Waals surface area contributed by atoms with E-state index in [0.29, 0.717) is 22.8 Å². The Balaban J connectivity index is 1.52. The van der Waals surface area contributed by atoms with Crippen LogP contribution < -0.4 is 16.0 Å². The summed E-state index contributed by atoms with van der Waals surface area (Å²) in [6.07, 6.45) is 0.764. The van der Waals surface area contributed by atoms with Crippen molar-refractivity contribution in [1.29, 1.82) is 0 Å². The van der Waals surface area contributed by atoms with E-state index in [2.05, 4.69) is 10.4 Å². The van der Waals surface area contributed by atoms with Crippen molar-refractivity contribution in [2.24, 2.45) is 0 Å². The second-order valence-corrected chi connectivity index (χ2v) is 6.74. The van der Waals surface area contributed by atoms with E-state index in [-0.39, 0.29) is 37.4 Å². The van der Waals surface area contributed by atoms with Crippen molar-refractivity contribution in [3.8, 4) is 0 Å². The van der Waals surface area contributed by atoms with Crippen LogP contribution in [0.2, 0.25) is 0 Å². The number of likely N-dealkylation sites (tertiary alicyclic amines) is 1. The van der Waals surface area contributed by atoms with E-state index in [4.69, 9.17) is 5.11 Å². The lowest BCUT2D eigenvalue weighted by molar-refractivity contribution is -0.622. The number of alkyl halides is 2. The van der Waals surface area contributed by atoms with Crippen LogP contribution in [0.4, 0.5) is 26.0 Å². The van der Waals surface area contributed by atoms with E-state index in [9.17, 15) is 18.4 Å². The molecule has 2 aliphatic rings. The fourth-order valence-electron chi connectivity index (χ4n) is 3.25. The highest BCUT2D eigenvalue weighted by Crippen LogP contribution is 2.31. The lowest BCUT2D eigenvalue weighted by atomic mass is 10.1. The first-order valence-electron chi connectivity index (χ1n) is 8.74. The van der Waals surface area contributed by atoms with Crippen molar-refractivity contribution in [1.82, 2.24) is 9.88 Å². The lowest BCUT2D eigenvalue weighted by Gasteiger charge is -2.31. The number of carbonyl (C=O) groups is 2. The highest BCUT2D eigenvalue weighted by molar-refractivity contribution is 5.96. The number of aromatic carboxylic acids is 1. The van der Waals surface area contributed by atoms with Gasteiger partial charge in [0.25, 0.3) is 11.8 Å². The third-order valence-corrected chi connectivity index (χ3v) is 4.87. The van der Waals surface area contributed by atoms with E-state index < -0.39 is 11.9 Å². The monoisotopic (exact) mass is 390 g/mol. The summed E-state index contributed by atoms with van der Waals surface area (Å²) in [4.78, 5) is 29.3. The molecule has 0 radical (unpaired) electrons. The number of nitrogens with one attached hydrogen (secondary N) is 1. The van der Waals surface area contributed by atoms with Gasteiger partial charge in [-0.1, -0.05) is 0 Å². The number of aromatic nitrogens is 1. The summed E-state index contributed by atoms with van der Waals surface area (Å²) in [6.45, 7) is 0.0368. The summed E-state index contributed by atoms with van der Waals surface area (Å²) in [5, 5.41) is 10.7. The van der Waals surface area contributed by atoms with Gasteiger partial charge in [0, 0.05) is 32.1 Å². The van der Waals surface area contributed by atoms with Gasteiger partial charge in [0.1, 0.15) is 5.69 Å². The van der Waals surface area contributed by atoms with Gasteiger partial charge in [-0.05, 0) is 30.3 Å². The number of benzene rings is 1. The van der Waals surface area contributed by atoms with Gasteiger partial charge in [-0.25, -0.2) is 24.0 Å². The van der Waals surface area contributed by atoms with Crippen LogP contribution in [-0.2, 0) is 0 Å². The van der Waals surface area contributed by atoms with Gasteiger partial charge in [0.2, 0.25) is 5.82 Å². The highest BCUT2D eigenvalue weighted by atomic mass is 19.3. The fraction of sp³-hybridized carbons (Fsp3) is 0.278. The zero-order chi connectivity index (χ0) is 19.9. The zero-order valence-electron chi connectivity index (χ0n) is 14.7. The van der Waals surface area contributed by atoms with Crippen molar-refractivity contribution in [3.05, 3.63) is 47.7 Å². The quantitative estimate of drug-likeness (QED) is 0.689. The number of nitrogen functional groups attached to an aromatic ring is 1. The Morgan fingerprint density at radius 3 is 2.46 bits per heavy atom. The molecule has 1 fully saturated rings. The topological polar surface area (TPSA) is 102 Å². The molecule has 0 bridgehead atoms. The molecule has 3 heterocycles. The SMILES string of the molecule is O=C(O)c1ccc(N2[NH2+]Nc3cc(C(=O)N4CCC(F)(F)CC4)cnc32)cc1. The number of quaternary nitrogens is 1. The molecule has 2 aliphatic heterocycles. The first-order valence-corrected chi connectivity index (χ1v) is 8.74. The average molecular weight is 390 g/mol. The minimum atomic E-state index is -2.71. The molecule has 0 unspecified atom stereocenters. The van der Waals surface area contributed by atoms with Crippen LogP contribution in [-0.4, -0.2) is 45.9 Å². The van der Waals surface area contributed by atoms with Crippen molar-refractivity contribution >= 4 is 29.1 Å². The van der Waals surface area contributed by atoms with Crippen molar-refractivity contribution in [3.63, 3.8) is 0 Å². The Morgan fingerprint density at radius 1 is 1.14 bits per heavy atom. The number of fused-ring (bicyclic) bond motifs is 1. The first-order chi connectivity index (χ1) is 13.3. The number of carboxylic acid groups (broad SMARTS) is 1. The number of hydrogen-bond acceptors (Lipinski definition) is 5. The molecule has 10 heteroatoms. The van der Waals surface area contributed by atoms with Gasteiger partial charge in [-0.3, -0.25) is 4.79 Å². The van der Waals surface area contributed by atoms with Crippen LogP contribution in [0.3, 0.4) is 0 Å². The summed E-state index contributed by atoms with van der Waals surface area (Å²) in [7, 11) is 0. The van der Waals surface area contributed by atoms with Gasteiger partial charge in [-0.15, -0.1) is 5.53 Å². The molecular weight excluding hydrogens is 372 g/mol. The molecule has 0 aliphatic carbocycles. The van der Waals surface area contributed by atoms with E-state index >= 15 is 0 Å².